The Morgan fingerprint density at radius 3 is 2.53 bits per heavy atom. The van der Waals surface area contributed by atoms with Gasteiger partial charge < -0.3 is 0 Å². The average Bonchev–Trinajstić information content (AvgIpc) is 2.38. The van der Waals surface area contributed by atoms with E-state index in [1.54, 1.807) is 0 Å². The Morgan fingerprint density at radius 2 is 1.76 bits per heavy atom. The van der Waals surface area contributed by atoms with Crippen LogP contribution in [0.3, 0.4) is 0 Å². The van der Waals surface area contributed by atoms with E-state index in [1.165, 1.54) is 37.7 Å². The fraction of sp³-hybridized carbons (Fsp3) is 0.562. The fourth-order valence-electron chi connectivity index (χ4n) is 1.86. The van der Waals surface area contributed by atoms with Crippen molar-refractivity contribution in [2.75, 3.05) is 6.54 Å². The molecular weight excluding hydrogens is 206 g/mol. The number of unbranched alkanes of at least 4 members (excludes halogenated alkanes) is 5. The smallest absolute Gasteiger partial charge is 0.0425 e. The molecule has 0 spiro atoms. The molecule has 1 nitrogen and oxygen atoms in total. The minimum Gasteiger partial charge on any atom is -0.297 e. The molecule has 0 bridgehead atoms. The summed E-state index contributed by atoms with van der Waals surface area (Å²) in [7, 11) is 0. The van der Waals surface area contributed by atoms with Gasteiger partial charge in [0.25, 0.3) is 0 Å². The van der Waals surface area contributed by atoms with E-state index in [0.717, 1.165) is 19.4 Å². The van der Waals surface area contributed by atoms with Crippen molar-refractivity contribution < 1.29 is 0 Å². The zero-order chi connectivity index (χ0) is 12.2. The number of hydrogen-bond donors (Lipinski definition) is 0. The molecule has 0 aliphatic carbocycles. The van der Waals surface area contributed by atoms with Crippen LogP contribution in [0.4, 0.5) is 0 Å². The molecule has 0 aromatic heterocycles. The Morgan fingerprint density at radius 1 is 1.00 bits per heavy atom. The van der Waals surface area contributed by atoms with Gasteiger partial charge in [0.05, 0.1) is 0 Å². The van der Waals surface area contributed by atoms with Gasteiger partial charge >= 0.3 is 0 Å². The maximum atomic E-state index is 4.46. The average molecular weight is 231 g/mol. The van der Waals surface area contributed by atoms with E-state index in [9.17, 15) is 0 Å². The lowest BCUT2D eigenvalue weighted by Crippen LogP contribution is -1.89. The van der Waals surface area contributed by atoms with Gasteiger partial charge in [0.15, 0.2) is 0 Å². The molecule has 0 N–H and O–H groups in total. The van der Waals surface area contributed by atoms with Gasteiger partial charge in [-0.1, -0.05) is 62.9 Å². The molecular formula is C16H25N. The monoisotopic (exact) mass is 231 g/mol. The number of benzene rings is 1. The second kappa shape index (κ2) is 10.1. The fourth-order valence-corrected chi connectivity index (χ4v) is 1.86. The molecule has 0 saturated carbocycles. The molecule has 0 radical (unpaired) electrons. The second-order valence-corrected chi connectivity index (χ2v) is 4.53. The molecule has 0 fully saturated rings. The summed E-state index contributed by atoms with van der Waals surface area (Å²) in [5, 5.41) is 0. The third-order valence-corrected chi connectivity index (χ3v) is 2.94. The Balaban J connectivity index is 1.96. The van der Waals surface area contributed by atoms with Crippen LogP contribution in [-0.2, 0) is 6.42 Å². The molecule has 17 heavy (non-hydrogen) atoms. The number of aliphatic imine (C=N–C) groups is 1. The minimum atomic E-state index is 0.930. The Bertz CT molecular complexity index is 290. The molecule has 1 heteroatoms. The third kappa shape index (κ3) is 7.73. The highest BCUT2D eigenvalue weighted by atomic mass is 14.7. The quantitative estimate of drug-likeness (QED) is 0.433. The summed E-state index contributed by atoms with van der Waals surface area (Å²) in [6, 6.07) is 10.6. The Kier molecular flexibility index (Phi) is 8.27. The van der Waals surface area contributed by atoms with Crippen molar-refractivity contribution in [2.45, 2.75) is 51.9 Å². The summed E-state index contributed by atoms with van der Waals surface area (Å²) in [5.41, 5.74) is 1.38. The first-order valence-electron chi connectivity index (χ1n) is 6.95. The van der Waals surface area contributed by atoms with Crippen LogP contribution in [0.25, 0.3) is 0 Å². The lowest BCUT2D eigenvalue weighted by atomic mass is 10.1. The summed E-state index contributed by atoms with van der Waals surface area (Å²) < 4.78 is 0. The van der Waals surface area contributed by atoms with Crippen molar-refractivity contribution in [3.05, 3.63) is 35.9 Å². The zero-order valence-electron chi connectivity index (χ0n) is 11.1. The first-order valence-corrected chi connectivity index (χ1v) is 6.95. The Labute approximate surface area is 106 Å². The normalized spacial score (nSPS) is 11.1. The van der Waals surface area contributed by atoms with Crippen LogP contribution < -0.4 is 0 Å². The van der Waals surface area contributed by atoms with Crippen molar-refractivity contribution in [1.82, 2.24) is 0 Å². The number of hydrogen-bond acceptors (Lipinski definition) is 1. The van der Waals surface area contributed by atoms with Gasteiger partial charge in [-0.2, -0.15) is 0 Å². The Hall–Kier alpha value is -1.11. The van der Waals surface area contributed by atoms with Crippen molar-refractivity contribution in [3.8, 4) is 0 Å². The van der Waals surface area contributed by atoms with Crippen molar-refractivity contribution in [1.29, 1.82) is 0 Å². The van der Waals surface area contributed by atoms with E-state index < -0.39 is 0 Å². The van der Waals surface area contributed by atoms with Gasteiger partial charge in [0, 0.05) is 6.54 Å². The lowest BCUT2D eigenvalue weighted by Gasteiger charge is -1.97. The standard InChI is InChI=1S/C16H25N/c1-2-3-4-5-6-10-14-17-15-13-16-11-8-7-9-12-16/h7-9,11-12,14H,2-6,10,13,15H2,1H3. The predicted octanol–water partition coefficient (Wildman–Crippen LogP) is 4.66. The van der Waals surface area contributed by atoms with Crippen molar-refractivity contribution in [2.24, 2.45) is 4.99 Å². The van der Waals surface area contributed by atoms with E-state index in [1.807, 2.05) is 0 Å². The predicted molar refractivity (Wildman–Crippen MR) is 76.9 cm³/mol. The number of nitrogens with zero attached hydrogens (tertiary/aromatic N) is 1. The van der Waals surface area contributed by atoms with Gasteiger partial charge in [-0.15, -0.1) is 0 Å². The molecule has 0 unspecified atom stereocenters. The molecule has 94 valence electrons. The highest BCUT2D eigenvalue weighted by Crippen LogP contribution is 2.04. The minimum absolute atomic E-state index is 0.930. The maximum absolute atomic E-state index is 4.46. The van der Waals surface area contributed by atoms with E-state index in [2.05, 4.69) is 48.5 Å². The highest BCUT2D eigenvalue weighted by Gasteiger charge is 1.89. The maximum Gasteiger partial charge on any atom is 0.0425 e. The van der Waals surface area contributed by atoms with Crippen LogP contribution in [0.1, 0.15) is 51.0 Å². The van der Waals surface area contributed by atoms with Crippen LogP contribution in [-0.4, -0.2) is 12.8 Å². The van der Waals surface area contributed by atoms with Crippen LogP contribution in [0.2, 0.25) is 0 Å². The molecule has 0 heterocycles. The number of rotatable bonds is 9. The van der Waals surface area contributed by atoms with Gasteiger partial charge in [-0.05, 0) is 31.0 Å². The molecule has 0 saturated heterocycles. The summed E-state index contributed by atoms with van der Waals surface area (Å²) in [4.78, 5) is 4.46. The molecule has 0 atom stereocenters. The van der Waals surface area contributed by atoms with E-state index in [4.69, 9.17) is 0 Å². The van der Waals surface area contributed by atoms with Gasteiger partial charge in [-0.3, -0.25) is 4.99 Å². The van der Waals surface area contributed by atoms with Gasteiger partial charge in [0.2, 0.25) is 0 Å². The van der Waals surface area contributed by atoms with E-state index >= 15 is 0 Å². The molecule has 1 aromatic carbocycles. The third-order valence-electron chi connectivity index (χ3n) is 2.94. The van der Waals surface area contributed by atoms with Crippen molar-refractivity contribution in [3.63, 3.8) is 0 Å². The zero-order valence-corrected chi connectivity index (χ0v) is 11.1. The molecule has 1 rings (SSSR count). The molecule has 0 amide bonds. The largest absolute Gasteiger partial charge is 0.297 e. The SMILES string of the molecule is CCCCCCCC=NCCc1ccccc1. The second-order valence-electron chi connectivity index (χ2n) is 4.53. The summed E-state index contributed by atoms with van der Waals surface area (Å²) in [5.74, 6) is 0. The van der Waals surface area contributed by atoms with Crippen molar-refractivity contribution >= 4 is 6.21 Å². The van der Waals surface area contributed by atoms with E-state index in [-0.39, 0.29) is 0 Å². The van der Waals surface area contributed by atoms with Crippen LogP contribution in [0.15, 0.2) is 35.3 Å². The molecule has 0 aliphatic heterocycles. The highest BCUT2D eigenvalue weighted by molar-refractivity contribution is 5.56. The van der Waals surface area contributed by atoms with Gasteiger partial charge in [0.1, 0.15) is 0 Å². The summed E-state index contributed by atoms with van der Waals surface area (Å²) >= 11 is 0. The van der Waals surface area contributed by atoms with Crippen LogP contribution in [0.5, 0.6) is 0 Å². The lowest BCUT2D eigenvalue weighted by molar-refractivity contribution is 0.645. The summed E-state index contributed by atoms with van der Waals surface area (Å²) in [6.07, 6.45) is 11.1. The van der Waals surface area contributed by atoms with Gasteiger partial charge in [-0.25, -0.2) is 0 Å². The van der Waals surface area contributed by atoms with Crippen LogP contribution in [0, 0.1) is 0 Å². The topological polar surface area (TPSA) is 12.4 Å². The molecule has 0 aliphatic rings. The van der Waals surface area contributed by atoms with E-state index in [0.29, 0.717) is 0 Å². The van der Waals surface area contributed by atoms with Crippen LogP contribution >= 0.6 is 0 Å². The first-order chi connectivity index (χ1) is 8.43. The first kappa shape index (κ1) is 14.0. The summed E-state index contributed by atoms with van der Waals surface area (Å²) in [6.45, 7) is 3.18. The molecule has 1 aromatic rings.